The molecule has 0 fully saturated rings. The van der Waals surface area contributed by atoms with E-state index in [1.54, 1.807) is 4.57 Å². The number of anilines is 1. The van der Waals surface area contributed by atoms with Crippen molar-refractivity contribution in [3.05, 3.63) is 52.1 Å². The number of nitrogens with zero attached hydrogens (tertiary/aromatic N) is 2. The van der Waals surface area contributed by atoms with Crippen LogP contribution in [0, 0.1) is 0 Å². The lowest BCUT2D eigenvalue weighted by molar-refractivity contribution is -0.113. The summed E-state index contributed by atoms with van der Waals surface area (Å²) in [5.41, 5.74) is 2.39. The zero-order chi connectivity index (χ0) is 16.9. The van der Waals surface area contributed by atoms with Gasteiger partial charge in [-0.15, -0.1) is 0 Å². The van der Waals surface area contributed by atoms with Gasteiger partial charge >= 0.3 is 5.69 Å². The van der Waals surface area contributed by atoms with Gasteiger partial charge in [0, 0.05) is 16.9 Å². The largest absolute Gasteiger partial charge is 0.395 e. The highest BCUT2D eigenvalue weighted by Crippen LogP contribution is 2.29. The third kappa shape index (κ3) is 3.68. The lowest BCUT2D eigenvalue weighted by atomic mass is 10.2. The van der Waals surface area contributed by atoms with Crippen molar-refractivity contribution >= 4 is 23.4 Å². The van der Waals surface area contributed by atoms with Crippen molar-refractivity contribution in [1.82, 2.24) is 9.55 Å². The number of hydrogen-bond acceptors (Lipinski definition) is 5. The van der Waals surface area contributed by atoms with Gasteiger partial charge in [0.25, 0.3) is 0 Å². The number of rotatable bonds is 6. The summed E-state index contributed by atoms with van der Waals surface area (Å²) < 4.78 is 1.55. The van der Waals surface area contributed by atoms with Crippen LogP contribution in [0.2, 0.25) is 0 Å². The molecule has 0 saturated heterocycles. The number of fused-ring (bicyclic) bond motifs is 1. The van der Waals surface area contributed by atoms with Crippen LogP contribution >= 0.6 is 11.8 Å². The van der Waals surface area contributed by atoms with E-state index >= 15 is 0 Å². The topological polar surface area (TPSA) is 84.2 Å². The smallest absolute Gasteiger partial charge is 0.348 e. The summed E-state index contributed by atoms with van der Waals surface area (Å²) in [5, 5.41) is 12.6. The molecular formula is C17H19N3O3S. The molecule has 1 aromatic carbocycles. The molecule has 0 aliphatic heterocycles. The van der Waals surface area contributed by atoms with E-state index in [2.05, 4.69) is 10.3 Å². The SMILES string of the molecule is O=C(CSc1nc(=O)n(CCO)c2c1CCC2)Nc1ccccc1. The Morgan fingerprint density at radius 2 is 2.08 bits per heavy atom. The quantitative estimate of drug-likeness (QED) is 0.612. The van der Waals surface area contributed by atoms with E-state index in [0.29, 0.717) is 5.03 Å². The highest BCUT2D eigenvalue weighted by molar-refractivity contribution is 8.00. The maximum Gasteiger partial charge on any atom is 0.348 e. The fourth-order valence-electron chi connectivity index (χ4n) is 2.89. The first kappa shape index (κ1) is 16.7. The lowest BCUT2D eigenvalue weighted by Gasteiger charge is -2.13. The van der Waals surface area contributed by atoms with Crippen LogP contribution in [-0.4, -0.2) is 32.9 Å². The van der Waals surface area contributed by atoms with Gasteiger partial charge in [-0.1, -0.05) is 30.0 Å². The average Bonchev–Trinajstić information content (AvgIpc) is 3.06. The fourth-order valence-corrected chi connectivity index (χ4v) is 3.77. The van der Waals surface area contributed by atoms with Gasteiger partial charge in [0.1, 0.15) is 5.03 Å². The monoisotopic (exact) mass is 345 g/mol. The van der Waals surface area contributed by atoms with Gasteiger partial charge < -0.3 is 10.4 Å². The summed E-state index contributed by atoms with van der Waals surface area (Å²) in [5.74, 6) is 0.0805. The number of thioether (sulfide) groups is 1. The molecule has 1 heterocycles. The standard InChI is InChI=1S/C17H19N3O3S/c21-10-9-20-14-8-4-7-13(14)16(19-17(20)23)24-11-15(22)18-12-5-2-1-3-6-12/h1-3,5-6,21H,4,7-11H2,(H,18,22). The minimum atomic E-state index is -0.351. The molecule has 6 nitrogen and oxygen atoms in total. The van der Waals surface area contributed by atoms with E-state index < -0.39 is 0 Å². The van der Waals surface area contributed by atoms with Crippen molar-refractivity contribution in [3.63, 3.8) is 0 Å². The van der Waals surface area contributed by atoms with Crippen molar-refractivity contribution < 1.29 is 9.90 Å². The van der Waals surface area contributed by atoms with Crippen LogP contribution < -0.4 is 11.0 Å². The summed E-state index contributed by atoms with van der Waals surface area (Å²) in [6.45, 7) is 0.188. The number of carbonyl (C=O) groups excluding carboxylic acids is 1. The van der Waals surface area contributed by atoms with E-state index in [1.165, 1.54) is 11.8 Å². The number of benzene rings is 1. The predicted molar refractivity (Wildman–Crippen MR) is 93.4 cm³/mol. The third-order valence-corrected chi connectivity index (χ3v) is 4.94. The maximum absolute atomic E-state index is 12.2. The van der Waals surface area contributed by atoms with E-state index in [0.717, 1.165) is 36.2 Å². The van der Waals surface area contributed by atoms with E-state index in [4.69, 9.17) is 5.11 Å². The average molecular weight is 345 g/mol. The summed E-state index contributed by atoms with van der Waals surface area (Å²) in [7, 11) is 0. The zero-order valence-corrected chi connectivity index (χ0v) is 14.0. The molecule has 1 aromatic heterocycles. The molecule has 0 atom stereocenters. The van der Waals surface area contributed by atoms with Crippen LogP contribution in [0.4, 0.5) is 5.69 Å². The Kier molecular flexibility index (Phi) is 5.32. The Balaban J connectivity index is 1.72. The number of nitrogens with one attached hydrogen (secondary N) is 1. The molecule has 24 heavy (non-hydrogen) atoms. The van der Waals surface area contributed by atoms with Gasteiger partial charge in [-0.2, -0.15) is 4.98 Å². The van der Waals surface area contributed by atoms with Gasteiger partial charge in [0.2, 0.25) is 5.91 Å². The van der Waals surface area contributed by atoms with E-state index in [-0.39, 0.29) is 30.5 Å². The number of hydrogen-bond donors (Lipinski definition) is 2. The molecular weight excluding hydrogens is 326 g/mol. The van der Waals surface area contributed by atoms with Crippen LogP contribution in [0.1, 0.15) is 17.7 Å². The third-order valence-electron chi connectivity index (χ3n) is 3.92. The maximum atomic E-state index is 12.2. The summed E-state index contributed by atoms with van der Waals surface area (Å²) in [4.78, 5) is 28.3. The number of aliphatic hydroxyl groups is 1. The number of amides is 1. The Bertz CT molecular complexity index is 790. The molecule has 126 valence electrons. The molecule has 2 aromatic rings. The van der Waals surface area contributed by atoms with Crippen molar-refractivity contribution in [2.24, 2.45) is 0 Å². The Hall–Kier alpha value is -2.12. The number of aromatic nitrogens is 2. The Morgan fingerprint density at radius 1 is 1.29 bits per heavy atom. The molecule has 0 spiro atoms. The van der Waals surface area contributed by atoms with Crippen molar-refractivity contribution in [1.29, 1.82) is 0 Å². The van der Waals surface area contributed by atoms with Crippen LogP contribution in [0.15, 0.2) is 40.2 Å². The van der Waals surface area contributed by atoms with Crippen LogP contribution in [0.3, 0.4) is 0 Å². The minimum absolute atomic E-state index is 0.0833. The molecule has 1 aliphatic carbocycles. The Morgan fingerprint density at radius 3 is 2.83 bits per heavy atom. The predicted octanol–water partition coefficient (Wildman–Crippen LogP) is 1.46. The second-order valence-corrected chi connectivity index (χ2v) is 6.52. The first-order valence-corrected chi connectivity index (χ1v) is 8.88. The van der Waals surface area contributed by atoms with Gasteiger partial charge in [-0.05, 0) is 31.4 Å². The highest BCUT2D eigenvalue weighted by Gasteiger charge is 2.22. The van der Waals surface area contributed by atoms with Crippen molar-refractivity contribution in [2.75, 3.05) is 17.7 Å². The molecule has 0 saturated carbocycles. The van der Waals surface area contributed by atoms with Gasteiger partial charge in [-0.3, -0.25) is 9.36 Å². The van der Waals surface area contributed by atoms with Crippen molar-refractivity contribution in [2.45, 2.75) is 30.8 Å². The number of para-hydroxylation sites is 1. The van der Waals surface area contributed by atoms with Gasteiger partial charge in [-0.25, -0.2) is 4.79 Å². The molecule has 1 amide bonds. The lowest BCUT2D eigenvalue weighted by Crippen LogP contribution is -2.28. The van der Waals surface area contributed by atoms with Crippen LogP contribution in [-0.2, 0) is 24.2 Å². The highest BCUT2D eigenvalue weighted by atomic mass is 32.2. The first-order chi connectivity index (χ1) is 11.7. The van der Waals surface area contributed by atoms with E-state index in [9.17, 15) is 9.59 Å². The molecule has 2 N–H and O–H groups in total. The first-order valence-electron chi connectivity index (χ1n) is 7.90. The van der Waals surface area contributed by atoms with E-state index in [1.807, 2.05) is 30.3 Å². The fraction of sp³-hybridized carbons (Fsp3) is 0.353. The molecule has 0 bridgehead atoms. The molecule has 0 radical (unpaired) electrons. The van der Waals surface area contributed by atoms with Gasteiger partial charge in [0.15, 0.2) is 0 Å². The molecule has 1 aliphatic rings. The second kappa shape index (κ2) is 7.63. The zero-order valence-electron chi connectivity index (χ0n) is 13.2. The number of carbonyl (C=O) groups is 1. The number of aliphatic hydroxyl groups excluding tert-OH is 1. The van der Waals surface area contributed by atoms with Crippen LogP contribution in [0.5, 0.6) is 0 Å². The minimum Gasteiger partial charge on any atom is -0.395 e. The normalized spacial score (nSPS) is 12.9. The van der Waals surface area contributed by atoms with Gasteiger partial charge in [0.05, 0.1) is 18.9 Å². The molecule has 3 rings (SSSR count). The summed E-state index contributed by atoms with van der Waals surface area (Å²) >= 11 is 1.30. The molecule has 0 unspecified atom stereocenters. The van der Waals surface area contributed by atoms with Crippen LogP contribution in [0.25, 0.3) is 0 Å². The second-order valence-electron chi connectivity index (χ2n) is 5.56. The molecule has 7 heteroatoms. The summed E-state index contributed by atoms with van der Waals surface area (Å²) in [6, 6.07) is 9.26. The summed E-state index contributed by atoms with van der Waals surface area (Å²) in [6.07, 6.45) is 2.64. The Labute approximate surface area is 143 Å². The van der Waals surface area contributed by atoms with Crippen molar-refractivity contribution in [3.8, 4) is 0 Å².